The van der Waals surface area contributed by atoms with E-state index in [-0.39, 0.29) is 11.5 Å². The Kier molecular flexibility index (Phi) is 4.45. The van der Waals surface area contributed by atoms with Gasteiger partial charge in [-0.15, -0.1) is 0 Å². The molecule has 0 bridgehead atoms. The first-order chi connectivity index (χ1) is 9.61. The summed E-state index contributed by atoms with van der Waals surface area (Å²) >= 11 is 0. The van der Waals surface area contributed by atoms with Crippen molar-refractivity contribution in [3.05, 3.63) is 65.7 Å². The summed E-state index contributed by atoms with van der Waals surface area (Å²) in [6.45, 7) is 1.75. The fourth-order valence-electron chi connectivity index (χ4n) is 1.83. The first-order valence-electron chi connectivity index (χ1n) is 6.32. The van der Waals surface area contributed by atoms with E-state index in [1.54, 1.807) is 37.3 Å². The van der Waals surface area contributed by atoms with Crippen LogP contribution in [0.4, 0.5) is 8.78 Å². The zero-order valence-corrected chi connectivity index (χ0v) is 11.0. The number of carbonyl (C=O) groups excluding carboxylic acids is 1. The monoisotopic (exact) mass is 276 g/mol. The van der Waals surface area contributed by atoms with E-state index in [2.05, 4.69) is 0 Å². The average Bonchev–Trinajstić information content (AvgIpc) is 2.48. The topological polar surface area (TPSA) is 26.3 Å². The summed E-state index contributed by atoms with van der Waals surface area (Å²) in [6.07, 6.45) is -0.474. The molecule has 0 radical (unpaired) electrons. The van der Waals surface area contributed by atoms with Gasteiger partial charge in [0.2, 0.25) is 5.78 Å². The summed E-state index contributed by atoms with van der Waals surface area (Å²) in [5.74, 6) is -1.80. The molecule has 0 heterocycles. The third kappa shape index (κ3) is 3.20. The third-order valence-corrected chi connectivity index (χ3v) is 2.88. The smallest absolute Gasteiger partial charge is 0.203 e. The molecular weight excluding hydrogens is 262 g/mol. The van der Waals surface area contributed by atoms with Gasteiger partial charge in [0.25, 0.3) is 0 Å². The minimum Gasteiger partial charge on any atom is -0.479 e. The number of rotatable bonds is 5. The molecule has 0 fully saturated rings. The summed E-state index contributed by atoms with van der Waals surface area (Å²) in [5.41, 5.74) is 0.483. The molecule has 0 aliphatic heterocycles. The van der Waals surface area contributed by atoms with Gasteiger partial charge in [-0.3, -0.25) is 4.79 Å². The number of hydrogen-bond acceptors (Lipinski definition) is 2. The van der Waals surface area contributed by atoms with Crippen LogP contribution in [0.3, 0.4) is 0 Å². The summed E-state index contributed by atoms with van der Waals surface area (Å²) < 4.78 is 32.0. The lowest BCUT2D eigenvalue weighted by Gasteiger charge is -2.17. The van der Waals surface area contributed by atoms with E-state index >= 15 is 0 Å². The van der Waals surface area contributed by atoms with Crippen molar-refractivity contribution in [3.8, 4) is 5.75 Å². The van der Waals surface area contributed by atoms with Crippen LogP contribution in [0.5, 0.6) is 5.75 Å². The first-order valence-corrected chi connectivity index (χ1v) is 6.32. The number of hydrogen-bond donors (Lipinski definition) is 0. The molecule has 0 aliphatic rings. The number of benzene rings is 2. The van der Waals surface area contributed by atoms with Crippen LogP contribution in [0.1, 0.15) is 23.7 Å². The zero-order chi connectivity index (χ0) is 14.5. The van der Waals surface area contributed by atoms with Crippen molar-refractivity contribution < 1.29 is 18.3 Å². The van der Waals surface area contributed by atoms with Gasteiger partial charge < -0.3 is 4.74 Å². The molecule has 1 atom stereocenters. The maximum atomic E-state index is 13.5. The van der Waals surface area contributed by atoms with Crippen LogP contribution in [0.15, 0.2) is 48.5 Å². The van der Waals surface area contributed by atoms with Crippen LogP contribution < -0.4 is 4.74 Å². The largest absolute Gasteiger partial charge is 0.479 e. The van der Waals surface area contributed by atoms with E-state index in [1.807, 2.05) is 0 Å². The van der Waals surface area contributed by atoms with Crippen molar-refractivity contribution in [2.45, 2.75) is 19.4 Å². The van der Waals surface area contributed by atoms with Gasteiger partial charge in [0, 0.05) is 11.6 Å². The van der Waals surface area contributed by atoms with Crippen molar-refractivity contribution in [1.29, 1.82) is 0 Å². The molecule has 0 spiro atoms. The Balaban J connectivity index is 2.21. The Morgan fingerprint density at radius 3 is 2.50 bits per heavy atom. The van der Waals surface area contributed by atoms with E-state index in [0.29, 0.717) is 12.0 Å². The molecule has 2 rings (SSSR count). The molecule has 2 nitrogen and oxygen atoms in total. The van der Waals surface area contributed by atoms with Crippen molar-refractivity contribution in [2.24, 2.45) is 0 Å². The number of ether oxygens (including phenoxy) is 1. The van der Waals surface area contributed by atoms with Gasteiger partial charge >= 0.3 is 0 Å². The lowest BCUT2D eigenvalue weighted by Crippen LogP contribution is -2.27. The SMILES string of the molecule is CCC(Oc1cc(F)ccc1F)C(=O)c1ccccc1. The van der Waals surface area contributed by atoms with Gasteiger partial charge in [-0.05, 0) is 18.6 Å². The van der Waals surface area contributed by atoms with Gasteiger partial charge in [0.1, 0.15) is 5.82 Å². The minimum atomic E-state index is -0.839. The highest BCUT2D eigenvalue weighted by atomic mass is 19.1. The lowest BCUT2D eigenvalue weighted by atomic mass is 10.0. The fraction of sp³-hybridized carbons (Fsp3) is 0.188. The predicted molar refractivity (Wildman–Crippen MR) is 71.8 cm³/mol. The highest BCUT2D eigenvalue weighted by molar-refractivity contribution is 5.99. The Labute approximate surface area is 116 Å². The van der Waals surface area contributed by atoms with Gasteiger partial charge in [0.15, 0.2) is 17.7 Å². The summed E-state index contributed by atoms with van der Waals surface area (Å²) in [5, 5.41) is 0. The van der Waals surface area contributed by atoms with Crippen LogP contribution in [0.2, 0.25) is 0 Å². The number of ketones is 1. The van der Waals surface area contributed by atoms with Gasteiger partial charge in [-0.2, -0.15) is 0 Å². The van der Waals surface area contributed by atoms with E-state index in [4.69, 9.17) is 4.74 Å². The molecule has 104 valence electrons. The van der Waals surface area contributed by atoms with Gasteiger partial charge in [-0.25, -0.2) is 8.78 Å². The van der Waals surface area contributed by atoms with E-state index in [0.717, 1.165) is 18.2 Å². The van der Waals surface area contributed by atoms with Crippen LogP contribution in [-0.2, 0) is 0 Å². The molecule has 4 heteroatoms. The second-order valence-corrected chi connectivity index (χ2v) is 4.32. The second kappa shape index (κ2) is 6.28. The van der Waals surface area contributed by atoms with Crippen molar-refractivity contribution in [3.63, 3.8) is 0 Å². The molecule has 0 saturated carbocycles. The quantitative estimate of drug-likeness (QED) is 0.771. The molecule has 0 aromatic heterocycles. The highest BCUT2D eigenvalue weighted by Crippen LogP contribution is 2.21. The first kappa shape index (κ1) is 14.2. The minimum absolute atomic E-state index is 0.249. The molecule has 2 aromatic carbocycles. The second-order valence-electron chi connectivity index (χ2n) is 4.32. The molecule has 0 aliphatic carbocycles. The van der Waals surface area contributed by atoms with E-state index in [9.17, 15) is 13.6 Å². The fourth-order valence-corrected chi connectivity index (χ4v) is 1.83. The van der Waals surface area contributed by atoms with Crippen LogP contribution in [0, 0.1) is 11.6 Å². The predicted octanol–water partition coefficient (Wildman–Crippen LogP) is 4.01. The normalized spacial score (nSPS) is 11.9. The van der Waals surface area contributed by atoms with Crippen molar-refractivity contribution in [2.75, 3.05) is 0 Å². The maximum absolute atomic E-state index is 13.5. The summed E-state index contributed by atoms with van der Waals surface area (Å²) in [7, 11) is 0. The summed E-state index contributed by atoms with van der Waals surface area (Å²) in [6, 6.07) is 11.5. The molecule has 0 N–H and O–H groups in total. The third-order valence-electron chi connectivity index (χ3n) is 2.88. The lowest BCUT2D eigenvalue weighted by molar-refractivity contribution is 0.0779. The van der Waals surface area contributed by atoms with E-state index in [1.165, 1.54) is 0 Å². The highest BCUT2D eigenvalue weighted by Gasteiger charge is 2.21. The zero-order valence-electron chi connectivity index (χ0n) is 11.0. The molecule has 20 heavy (non-hydrogen) atoms. The van der Waals surface area contributed by atoms with Gasteiger partial charge in [-0.1, -0.05) is 37.3 Å². The average molecular weight is 276 g/mol. The molecule has 1 unspecified atom stereocenters. The van der Waals surface area contributed by atoms with Gasteiger partial charge in [0.05, 0.1) is 0 Å². The number of Topliss-reactive ketones (excluding diaryl/α,β-unsaturated/α-hetero) is 1. The summed E-state index contributed by atoms with van der Waals surface area (Å²) in [4.78, 5) is 12.2. The molecule has 0 saturated heterocycles. The Morgan fingerprint density at radius 2 is 1.85 bits per heavy atom. The van der Waals surface area contributed by atoms with Crippen LogP contribution in [0.25, 0.3) is 0 Å². The molecule has 0 amide bonds. The van der Waals surface area contributed by atoms with Crippen LogP contribution >= 0.6 is 0 Å². The maximum Gasteiger partial charge on any atom is 0.203 e. The standard InChI is InChI=1S/C16H14F2O2/c1-2-14(16(19)11-6-4-3-5-7-11)20-15-10-12(17)8-9-13(15)18/h3-10,14H,2H2,1H3. The number of carbonyl (C=O) groups is 1. The Morgan fingerprint density at radius 1 is 1.15 bits per heavy atom. The molecule has 2 aromatic rings. The van der Waals surface area contributed by atoms with E-state index < -0.39 is 17.7 Å². The molecular formula is C16H14F2O2. The Bertz CT molecular complexity index is 597. The number of halogens is 2. The Hall–Kier alpha value is -2.23. The van der Waals surface area contributed by atoms with Crippen LogP contribution in [-0.4, -0.2) is 11.9 Å². The van der Waals surface area contributed by atoms with Crippen molar-refractivity contribution >= 4 is 5.78 Å². The van der Waals surface area contributed by atoms with Crippen molar-refractivity contribution in [1.82, 2.24) is 0 Å².